The fraction of sp³-hybridized carbons (Fsp3) is 0.400. The van der Waals surface area contributed by atoms with Crippen LogP contribution in [0.5, 0.6) is 0 Å². The van der Waals surface area contributed by atoms with E-state index in [4.69, 9.17) is 11.6 Å². The van der Waals surface area contributed by atoms with Crippen molar-refractivity contribution in [2.45, 2.75) is 25.8 Å². The van der Waals surface area contributed by atoms with Gasteiger partial charge in [0.1, 0.15) is 5.82 Å². The minimum absolute atomic E-state index is 0.300. The molecule has 3 nitrogen and oxygen atoms in total. The third-order valence-electron chi connectivity index (χ3n) is 3.39. The summed E-state index contributed by atoms with van der Waals surface area (Å²) in [7, 11) is 4.01. The quantitative estimate of drug-likeness (QED) is 0.909. The average Bonchev–Trinajstić information content (AvgIpc) is 2.75. The molecule has 4 heteroatoms. The second-order valence-electron chi connectivity index (χ2n) is 4.90. The Balaban J connectivity index is 2.09. The molecule has 2 rings (SSSR count). The molecule has 0 radical (unpaired) electrons. The van der Waals surface area contributed by atoms with Gasteiger partial charge in [-0.1, -0.05) is 17.7 Å². The van der Waals surface area contributed by atoms with Gasteiger partial charge in [-0.3, -0.25) is 0 Å². The SMILES string of the molecule is CNC(CCc1nccn1C)c1cc(C)cc(Cl)c1. The third-order valence-corrected chi connectivity index (χ3v) is 3.61. The van der Waals surface area contributed by atoms with Crippen LogP contribution in [0.25, 0.3) is 0 Å². The van der Waals surface area contributed by atoms with Gasteiger partial charge in [0.2, 0.25) is 0 Å². The lowest BCUT2D eigenvalue weighted by Crippen LogP contribution is -2.18. The molecule has 0 aliphatic rings. The van der Waals surface area contributed by atoms with Gasteiger partial charge in [0, 0.05) is 36.9 Å². The minimum atomic E-state index is 0.300. The summed E-state index contributed by atoms with van der Waals surface area (Å²) in [6.07, 6.45) is 5.77. The number of hydrogen-bond acceptors (Lipinski definition) is 2. The number of aryl methyl sites for hydroxylation is 3. The van der Waals surface area contributed by atoms with Crippen molar-refractivity contribution in [2.24, 2.45) is 7.05 Å². The van der Waals surface area contributed by atoms with Crippen LogP contribution in [0.1, 0.15) is 29.4 Å². The molecule has 0 amide bonds. The molecule has 1 atom stereocenters. The maximum absolute atomic E-state index is 6.13. The standard InChI is InChI=1S/C15H20ClN3/c1-11-8-12(10-13(16)9-11)14(17-2)4-5-15-18-6-7-19(15)3/h6-10,14,17H,4-5H2,1-3H3. The molecule has 102 valence electrons. The van der Waals surface area contributed by atoms with Crippen LogP contribution in [0, 0.1) is 6.92 Å². The molecule has 1 aromatic carbocycles. The first-order valence-corrected chi connectivity index (χ1v) is 6.88. The highest BCUT2D eigenvalue weighted by Gasteiger charge is 2.12. The monoisotopic (exact) mass is 277 g/mol. The molecule has 0 saturated heterocycles. The zero-order valence-corrected chi connectivity index (χ0v) is 12.4. The Labute approximate surface area is 119 Å². The summed E-state index contributed by atoms with van der Waals surface area (Å²) in [4.78, 5) is 4.36. The van der Waals surface area contributed by atoms with Crippen LogP contribution < -0.4 is 5.32 Å². The molecule has 0 aliphatic carbocycles. The lowest BCUT2D eigenvalue weighted by atomic mass is 10.00. The summed E-state index contributed by atoms with van der Waals surface area (Å²) in [6, 6.07) is 6.50. The molecule has 1 unspecified atom stereocenters. The van der Waals surface area contributed by atoms with Gasteiger partial charge >= 0.3 is 0 Å². The fourth-order valence-electron chi connectivity index (χ4n) is 2.35. The molecule has 1 heterocycles. The number of imidazole rings is 1. The molecule has 0 fully saturated rings. The van der Waals surface area contributed by atoms with Crippen LogP contribution in [0.2, 0.25) is 5.02 Å². The summed E-state index contributed by atoms with van der Waals surface area (Å²) in [6.45, 7) is 2.07. The third kappa shape index (κ3) is 3.58. The highest BCUT2D eigenvalue weighted by molar-refractivity contribution is 6.30. The van der Waals surface area contributed by atoms with E-state index in [1.807, 2.05) is 38.6 Å². The summed E-state index contributed by atoms with van der Waals surface area (Å²) in [5.74, 6) is 1.11. The highest BCUT2D eigenvalue weighted by atomic mass is 35.5. The van der Waals surface area contributed by atoms with E-state index in [0.29, 0.717) is 6.04 Å². The van der Waals surface area contributed by atoms with Gasteiger partial charge in [-0.15, -0.1) is 0 Å². The lowest BCUT2D eigenvalue weighted by Gasteiger charge is -2.17. The second-order valence-corrected chi connectivity index (χ2v) is 5.33. The average molecular weight is 278 g/mol. The molecule has 0 bridgehead atoms. The minimum Gasteiger partial charge on any atom is -0.338 e. The second kappa shape index (κ2) is 6.22. The van der Waals surface area contributed by atoms with Gasteiger partial charge in [-0.25, -0.2) is 4.98 Å². The van der Waals surface area contributed by atoms with Crippen molar-refractivity contribution in [3.63, 3.8) is 0 Å². The van der Waals surface area contributed by atoms with E-state index < -0.39 is 0 Å². The lowest BCUT2D eigenvalue weighted by molar-refractivity contribution is 0.535. The molecule has 0 saturated carbocycles. The van der Waals surface area contributed by atoms with Crippen LogP contribution in [-0.4, -0.2) is 16.6 Å². The predicted molar refractivity (Wildman–Crippen MR) is 79.5 cm³/mol. The first-order chi connectivity index (χ1) is 9.10. The van der Waals surface area contributed by atoms with E-state index in [0.717, 1.165) is 23.7 Å². The summed E-state index contributed by atoms with van der Waals surface area (Å²) >= 11 is 6.13. The zero-order valence-electron chi connectivity index (χ0n) is 11.7. The van der Waals surface area contributed by atoms with E-state index in [9.17, 15) is 0 Å². The molecular weight excluding hydrogens is 258 g/mol. The fourth-order valence-corrected chi connectivity index (χ4v) is 2.65. The smallest absolute Gasteiger partial charge is 0.108 e. The van der Waals surface area contributed by atoms with Crippen molar-refractivity contribution in [3.05, 3.63) is 52.6 Å². The number of rotatable bonds is 5. The van der Waals surface area contributed by atoms with Crippen molar-refractivity contribution in [1.29, 1.82) is 0 Å². The van der Waals surface area contributed by atoms with Crippen molar-refractivity contribution in [2.75, 3.05) is 7.05 Å². The van der Waals surface area contributed by atoms with Gasteiger partial charge < -0.3 is 9.88 Å². The van der Waals surface area contributed by atoms with Gasteiger partial charge in [0.15, 0.2) is 0 Å². The van der Waals surface area contributed by atoms with Gasteiger partial charge in [-0.05, 0) is 43.7 Å². The van der Waals surface area contributed by atoms with Gasteiger partial charge in [0.25, 0.3) is 0 Å². The summed E-state index contributed by atoms with van der Waals surface area (Å²) < 4.78 is 2.07. The molecule has 0 aliphatic heterocycles. The molecule has 19 heavy (non-hydrogen) atoms. The Morgan fingerprint density at radius 2 is 2.16 bits per heavy atom. The molecule has 0 spiro atoms. The topological polar surface area (TPSA) is 29.9 Å². The van der Waals surface area contributed by atoms with Gasteiger partial charge in [0.05, 0.1) is 0 Å². The zero-order chi connectivity index (χ0) is 13.8. The normalized spacial score (nSPS) is 12.6. The van der Waals surface area contributed by atoms with Crippen molar-refractivity contribution in [3.8, 4) is 0 Å². The number of aromatic nitrogens is 2. The van der Waals surface area contributed by atoms with E-state index in [2.05, 4.69) is 27.9 Å². The Kier molecular flexibility index (Phi) is 4.61. The summed E-state index contributed by atoms with van der Waals surface area (Å²) in [5.41, 5.74) is 2.43. The van der Waals surface area contributed by atoms with E-state index in [1.54, 1.807) is 0 Å². The first-order valence-electron chi connectivity index (χ1n) is 6.50. The maximum Gasteiger partial charge on any atom is 0.108 e. The number of halogens is 1. The van der Waals surface area contributed by atoms with Crippen LogP contribution in [0.4, 0.5) is 0 Å². The Hall–Kier alpha value is -1.32. The van der Waals surface area contributed by atoms with E-state index >= 15 is 0 Å². The highest BCUT2D eigenvalue weighted by Crippen LogP contribution is 2.23. The predicted octanol–water partition coefficient (Wildman–Crippen LogP) is 3.28. The molecule has 1 aromatic heterocycles. The first kappa shape index (κ1) is 14.1. The van der Waals surface area contributed by atoms with Crippen LogP contribution in [0.3, 0.4) is 0 Å². The molecule has 2 aromatic rings. The number of nitrogens with zero attached hydrogens (tertiary/aromatic N) is 2. The molecular formula is C15H20ClN3. The molecule has 1 N–H and O–H groups in total. The maximum atomic E-state index is 6.13. The van der Waals surface area contributed by atoms with Crippen molar-refractivity contribution < 1.29 is 0 Å². The van der Waals surface area contributed by atoms with Crippen molar-refractivity contribution in [1.82, 2.24) is 14.9 Å². The van der Waals surface area contributed by atoms with Crippen LogP contribution >= 0.6 is 11.6 Å². The van der Waals surface area contributed by atoms with Crippen molar-refractivity contribution >= 4 is 11.6 Å². The number of nitrogens with one attached hydrogen (secondary N) is 1. The van der Waals surface area contributed by atoms with E-state index in [-0.39, 0.29) is 0 Å². The Bertz CT molecular complexity index is 528. The number of benzene rings is 1. The Morgan fingerprint density at radius 1 is 1.37 bits per heavy atom. The van der Waals surface area contributed by atoms with Crippen LogP contribution in [0.15, 0.2) is 30.6 Å². The largest absolute Gasteiger partial charge is 0.338 e. The van der Waals surface area contributed by atoms with Gasteiger partial charge in [-0.2, -0.15) is 0 Å². The van der Waals surface area contributed by atoms with E-state index in [1.165, 1.54) is 11.1 Å². The van der Waals surface area contributed by atoms with Crippen LogP contribution in [-0.2, 0) is 13.5 Å². The Morgan fingerprint density at radius 3 is 2.74 bits per heavy atom. The summed E-state index contributed by atoms with van der Waals surface area (Å²) in [5, 5.41) is 4.16. The number of hydrogen-bond donors (Lipinski definition) is 1.